The summed E-state index contributed by atoms with van der Waals surface area (Å²) in [4.78, 5) is 2.49. The molecule has 0 aliphatic heterocycles. The molecular formula is C17H28N2O. The van der Waals surface area contributed by atoms with Gasteiger partial charge < -0.3 is 10.5 Å². The minimum atomic E-state index is 0.536. The SMILES string of the molecule is CCOc1cc(CN(C)C2CCCCC2)ccc1CN. The third-order valence-corrected chi connectivity index (χ3v) is 4.28. The average molecular weight is 276 g/mol. The van der Waals surface area contributed by atoms with E-state index in [1.807, 2.05) is 6.92 Å². The summed E-state index contributed by atoms with van der Waals surface area (Å²) in [6.07, 6.45) is 6.85. The molecule has 2 rings (SSSR count). The summed E-state index contributed by atoms with van der Waals surface area (Å²) in [5, 5.41) is 0. The Kier molecular flexibility index (Phi) is 5.86. The van der Waals surface area contributed by atoms with Crippen LogP contribution in [0.5, 0.6) is 5.75 Å². The lowest BCUT2D eigenvalue weighted by Crippen LogP contribution is -2.32. The molecule has 0 amide bonds. The van der Waals surface area contributed by atoms with E-state index >= 15 is 0 Å². The zero-order valence-electron chi connectivity index (χ0n) is 12.9. The van der Waals surface area contributed by atoms with Crippen molar-refractivity contribution in [3.8, 4) is 5.75 Å². The maximum atomic E-state index is 5.76. The molecule has 1 aliphatic rings. The van der Waals surface area contributed by atoms with Gasteiger partial charge in [-0.1, -0.05) is 31.4 Å². The molecule has 0 unspecified atom stereocenters. The largest absolute Gasteiger partial charge is 0.494 e. The quantitative estimate of drug-likeness (QED) is 0.866. The van der Waals surface area contributed by atoms with E-state index in [-0.39, 0.29) is 0 Å². The fraction of sp³-hybridized carbons (Fsp3) is 0.647. The molecule has 0 spiro atoms. The molecule has 0 bridgehead atoms. The molecule has 1 aromatic carbocycles. The summed E-state index contributed by atoms with van der Waals surface area (Å²) >= 11 is 0. The number of rotatable bonds is 6. The fourth-order valence-corrected chi connectivity index (χ4v) is 3.09. The fourth-order valence-electron chi connectivity index (χ4n) is 3.09. The number of nitrogens with two attached hydrogens (primary N) is 1. The Morgan fingerprint density at radius 1 is 1.25 bits per heavy atom. The van der Waals surface area contributed by atoms with Gasteiger partial charge in [0.05, 0.1) is 6.61 Å². The molecule has 0 aromatic heterocycles. The molecule has 0 heterocycles. The smallest absolute Gasteiger partial charge is 0.124 e. The number of hydrogen-bond acceptors (Lipinski definition) is 3. The third-order valence-electron chi connectivity index (χ3n) is 4.28. The van der Waals surface area contributed by atoms with E-state index in [0.717, 1.165) is 23.9 Å². The second-order valence-corrected chi connectivity index (χ2v) is 5.79. The van der Waals surface area contributed by atoms with Crippen molar-refractivity contribution in [3.05, 3.63) is 29.3 Å². The van der Waals surface area contributed by atoms with Crippen molar-refractivity contribution in [2.75, 3.05) is 13.7 Å². The highest BCUT2D eigenvalue weighted by molar-refractivity contribution is 5.37. The van der Waals surface area contributed by atoms with Crippen molar-refractivity contribution < 1.29 is 4.74 Å². The highest BCUT2D eigenvalue weighted by Crippen LogP contribution is 2.25. The van der Waals surface area contributed by atoms with Crippen LogP contribution in [-0.2, 0) is 13.1 Å². The van der Waals surface area contributed by atoms with E-state index < -0.39 is 0 Å². The molecule has 3 nitrogen and oxygen atoms in total. The van der Waals surface area contributed by atoms with Crippen molar-refractivity contribution >= 4 is 0 Å². The third kappa shape index (κ3) is 3.97. The van der Waals surface area contributed by atoms with Gasteiger partial charge in [0, 0.05) is 24.7 Å². The predicted octanol–water partition coefficient (Wildman–Crippen LogP) is 3.31. The van der Waals surface area contributed by atoms with Crippen molar-refractivity contribution in [1.82, 2.24) is 4.90 Å². The van der Waals surface area contributed by atoms with E-state index in [0.29, 0.717) is 13.2 Å². The average Bonchev–Trinajstić information content (AvgIpc) is 2.49. The number of hydrogen-bond donors (Lipinski definition) is 1. The van der Waals surface area contributed by atoms with Crippen LogP contribution in [0.2, 0.25) is 0 Å². The Bertz CT molecular complexity index is 413. The van der Waals surface area contributed by atoms with Crippen LogP contribution in [-0.4, -0.2) is 24.6 Å². The maximum absolute atomic E-state index is 5.76. The lowest BCUT2D eigenvalue weighted by molar-refractivity contribution is 0.184. The molecule has 0 atom stereocenters. The molecule has 0 radical (unpaired) electrons. The maximum Gasteiger partial charge on any atom is 0.124 e. The van der Waals surface area contributed by atoms with Gasteiger partial charge in [-0.15, -0.1) is 0 Å². The van der Waals surface area contributed by atoms with Crippen LogP contribution >= 0.6 is 0 Å². The number of nitrogens with zero attached hydrogens (tertiary/aromatic N) is 1. The van der Waals surface area contributed by atoms with Crippen molar-refractivity contribution in [3.63, 3.8) is 0 Å². The van der Waals surface area contributed by atoms with Crippen molar-refractivity contribution in [2.24, 2.45) is 5.73 Å². The summed E-state index contributed by atoms with van der Waals surface area (Å²) in [6, 6.07) is 7.19. The normalized spacial score (nSPS) is 16.6. The Labute approximate surface area is 123 Å². The summed E-state index contributed by atoms with van der Waals surface area (Å²) < 4.78 is 5.70. The van der Waals surface area contributed by atoms with Crippen molar-refractivity contribution in [1.29, 1.82) is 0 Å². The highest BCUT2D eigenvalue weighted by atomic mass is 16.5. The van der Waals surface area contributed by atoms with Gasteiger partial charge in [0.2, 0.25) is 0 Å². The van der Waals surface area contributed by atoms with Gasteiger partial charge in [-0.25, -0.2) is 0 Å². The molecule has 2 N–H and O–H groups in total. The molecule has 1 saturated carbocycles. The molecule has 1 fully saturated rings. The molecule has 20 heavy (non-hydrogen) atoms. The zero-order valence-corrected chi connectivity index (χ0v) is 12.9. The molecule has 0 saturated heterocycles. The van der Waals surface area contributed by atoms with Gasteiger partial charge in [0.1, 0.15) is 5.75 Å². The first-order valence-electron chi connectivity index (χ1n) is 7.89. The van der Waals surface area contributed by atoms with E-state index in [1.54, 1.807) is 0 Å². The van der Waals surface area contributed by atoms with Crippen LogP contribution in [0.25, 0.3) is 0 Å². The summed E-state index contributed by atoms with van der Waals surface area (Å²) in [7, 11) is 2.24. The lowest BCUT2D eigenvalue weighted by atomic mass is 9.94. The molecule has 1 aliphatic carbocycles. The van der Waals surface area contributed by atoms with Gasteiger partial charge in [0.15, 0.2) is 0 Å². The second-order valence-electron chi connectivity index (χ2n) is 5.79. The van der Waals surface area contributed by atoms with E-state index in [2.05, 4.69) is 30.1 Å². The summed E-state index contributed by atoms with van der Waals surface area (Å²) in [6.45, 7) is 4.24. The molecule has 112 valence electrons. The second kappa shape index (κ2) is 7.65. The van der Waals surface area contributed by atoms with E-state index in [4.69, 9.17) is 10.5 Å². The molecule has 1 aromatic rings. The van der Waals surface area contributed by atoms with Crippen LogP contribution in [0.4, 0.5) is 0 Å². The van der Waals surface area contributed by atoms with Crippen molar-refractivity contribution in [2.45, 2.75) is 58.2 Å². The Morgan fingerprint density at radius 3 is 2.65 bits per heavy atom. The minimum Gasteiger partial charge on any atom is -0.494 e. The van der Waals surface area contributed by atoms with Crippen LogP contribution in [0.3, 0.4) is 0 Å². The zero-order chi connectivity index (χ0) is 14.4. The van der Waals surface area contributed by atoms with Gasteiger partial charge in [-0.05, 0) is 38.4 Å². The topological polar surface area (TPSA) is 38.5 Å². The summed E-state index contributed by atoms with van der Waals surface area (Å²) in [5.41, 5.74) is 8.17. The highest BCUT2D eigenvalue weighted by Gasteiger charge is 2.18. The number of ether oxygens (including phenoxy) is 1. The van der Waals surface area contributed by atoms with Gasteiger partial charge in [-0.3, -0.25) is 4.90 Å². The van der Waals surface area contributed by atoms with E-state index in [9.17, 15) is 0 Å². The minimum absolute atomic E-state index is 0.536. The first-order valence-corrected chi connectivity index (χ1v) is 7.89. The molecular weight excluding hydrogens is 248 g/mol. The number of benzene rings is 1. The predicted molar refractivity (Wildman–Crippen MR) is 83.8 cm³/mol. The Morgan fingerprint density at radius 2 is 2.00 bits per heavy atom. The summed E-state index contributed by atoms with van der Waals surface area (Å²) in [5.74, 6) is 0.949. The van der Waals surface area contributed by atoms with Crippen LogP contribution < -0.4 is 10.5 Å². The van der Waals surface area contributed by atoms with Gasteiger partial charge in [0.25, 0.3) is 0 Å². The standard InChI is InChI=1S/C17H28N2O/c1-3-20-17-11-14(9-10-15(17)12-18)13-19(2)16-7-5-4-6-8-16/h9-11,16H,3-8,12-13,18H2,1-2H3. The van der Waals surface area contributed by atoms with E-state index in [1.165, 1.54) is 37.7 Å². The monoisotopic (exact) mass is 276 g/mol. The van der Waals surface area contributed by atoms with Crippen LogP contribution in [0, 0.1) is 0 Å². The first-order chi connectivity index (χ1) is 9.74. The Hall–Kier alpha value is -1.06. The molecule has 3 heteroatoms. The van der Waals surface area contributed by atoms with Gasteiger partial charge >= 0.3 is 0 Å². The lowest BCUT2D eigenvalue weighted by Gasteiger charge is -2.31. The Balaban J connectivity index is 2.02. The van der Waals surface area contributed by atoms with Gasteiger partial charge in [-0.2, -0.15) is 0 Å². The van der Waals surface area contributed by atoms with Crippen LogP contribution in [0.15, 0.2) is 18.2 Å². The van der Waals surface area contributed by atoms with Crippen LogP contribution in [0.1, 0.15) is 50.2 Å². The first kappa shape index (κ1) is 15.3.